The SMILES string of the molecule is CCNc1cc2c(cn1)c(-c1cnn(CC(O)CO)c1)nn2C1CCC(Oc2nccc(C(F)(F)F)c2F)CC1. The first-order chi connectivity index (χ1) is 19.2. The third-order valence-corrected chi connectivity index (χ3v) is 6.90. The van der Waals surface area contributed by atoms with E-state index in [1.165, 1.54) is 4.68 Å². The first-order valence-corrected chi connectivity index (χ1v) is 13.0. The van der Waals surface area contributed by atoms with Gasteiger partial charge in [0.15, 0.2) is 5.82 Å². The number of rotatable bonds is 9. The number of anilines is 1. The molecule has 4 aromatic rings. The highest BCUT2D eigenvalue weighted by Gasteiger charge is 2.36. The van der Waals surface area contributed by atoms with E-state index in [4.69, 9.17) is 14.9 Å². The molecule has 0 radical (unpaired) electrons. The molecule has 4 aromatic heterocycles. The topological polar surface area (TPSA) is 123 Å². The molecule has 0 saturated heterocycles. The summed E-state index contributed by atoms with van der Waals surface area (Å²) in [6, 6.07) is 2.47. The van der Waals surface area contributed by atoms with E-state index >= 15 is 0 Å². The Morgan fingerprint density at radius 1 is 1.18 bits per heavy atom. The molecule has 1 aliphatic carbocycles. The van der Waals surface area contributed by atoms with E-state index in [0.29, 0.717) is 49.8 Å². The van der Waals surface area contributed by atoms with Crippen LogP contribution in [-0.2, 0) is 12.7 Å². The van der Waals surface area contributed by atoms with Crippen molar-refractivity contribution in [1.29, 1.82) is 0 Å². The van der Waals surface area contributed by atoms with Crippen LogP contribution in [0.5, 0.6) is 5.88 Å². The number of aliphatic hydroxyl groups excluding tert-OH is 2. The Morgan fingerprint density at radius 2 is 1.95 bits per heavy atom. The zero-order chi connectivity index (χ0) is 28.4. The maximum atomic E-state index is 14.4. The Labute approximate surface area is 226 Å². The Hall–Kier alpha value is -3.78. The van der Waals surface area contributed by atoms with Gasteiger partial charge in [-0.25, -0.2) is 14.4 Å². The van der Waals surface area contributed by atoms with Gasteiger partial charge in [0.2, 0.25) is 0 Å². The van der Waals surface area contributed by atoms with Crippen LogP contribution in [0.25, 0.3) is 22.2 Å². The third-order valence-electron chi connectivity index (χ3n) is 6.90. The van der Waals surface area contributed by atoms with Gasteiger partial charge in [-0.3, -0.25) is 9.36 Å². The first-order valence-electron chi connectivity index (χ1n) is 13.0. The molecule has 1 aliphatic rings. The van der Waals surface area contributed by atoms with Crippen LogP contribution in [0, 0.1) is 5.82 Å². The molecular formula is C26H29F4N7O3. The maximum absolute atomic E-state index is 14.4. The molecule has 0 aromatic carbocycles. The predicted octanol–water partition coefficient (Wildman–Crippen LogP) is 4.20. The minimum absolute atomic E-state index is 0.0430. The van der Waals surface area contributed by atoms with Crippen molar-refractivity contribution >= 4 is 16.7 Å². The maximum Gasteiger partial charge on any atom is 0.419 e. The number of aromatic nitrogens is 6. The highest BCUT2D eigenvalue weighted by molar-refractivity contribution is 5.93. The van der Waals surface area contributed by atoms with Crippen LogP contribution in [0.3, 0.4) is 0 Å². The molecule has 4 heterocycles. The number of alkyl halides is 3. The lowest BCUT2D eigenvalue weighted by molar-refractivity contribution is -0.140. The van der Waals surface area contributed by atoms with E-state index < -0.39 is 35.6 Å². The number of pyridine rings is 2. The monoisotopic (exact) mass is 563 g/mol. The van der Waals surface area contributed by atoms with Crippen molar-refractivity contribution in [2.24, 2.45) is 0 Å². The van der Waals surface area contributed by atoms with Gasteiger partial charge in [0.1, 0.15) is 17.6 Å². The van der Waals surface area contributed by atoms with Crippen molar-refractivity contribution < 1.29 is 32.5 Å². The molecule has 14 heteroatoms. The van der Waals surface area contributed by atoms with E-state index in [1.54, 1.807) is 18.6 Å². The Kier molecular flexibility index (Phi) is 7.90. The van der Waals surface area contributed by atoms with E-state index in [-0.39, 0.29) is 19.2 Å². The molecule has 10 nitrogen and oxygen atoms in total. The van der Waals surface area contributed by atoms with Crippen LogP contribution >= 0.6 is 0 Å². The van der Waals surface area contributed by atoms with Gasteiger partial charge in [0.05, 0.1) is 42.6 Å². The number of fused-ring (bicyclic) bond motifs is 1. The van der Waals surface area contributed by atoms with Crippen LogP contribution in [0.2, 0.25) is 0 Å². The third kappa shape index (κ3) is 5.72. The number of ether oxygens (including phenoxy) is 1. The fourth-order valence-corrected chi connectivity index (χ4v) is 4.95. The molecule has 0 spiro atoms. The van der Waals surface area contributed by atoms with Crippen molar-refractivity contribution in [2.75, 3.05) is 18.5 Å². The fourth-order valence-electron chi connectivity index (χ4n) is 4.95. The van der Waals surface area contributed by atoms with Crippen LogP contribution < -0.4 is 10.1 Å². The molecule has 5 rings (SSSR count). The fraction of sp³-hybridized carbons (Fsp3) is 0.462. The zero-order valence-corrected chi connectivity index (χ0v) is 21.6. The van der Waals surface area contributed by atoms with Gasteiger partial charge in [0, 0.05) is 42.2 Å². The average Bonchev–Trinajstić information content (AvgIpc) is 3.54. The molecular weight excluding hydrogens is 534 g/mol. The highest BCUT2D eigenvalue weighted by atomic mass is 19.4. The number of hydrogen-bond acceptors (Lipinski definition) is 8. The molecule has 0 amide bonds. The lowest BCUT2D eigenvalue weighted by atomic mass is 9.93. The largest absolute Gasteiger partial charge is 0.472 e. The van der Waals surface area contributed by atoms with E-state index in [9.17, 15) is 22.7 Å². The number of aliphatic hydroxyl groups is 2. The minimum Gasteiger partial charge on any atom is -0.472 e. The normalized spacial score (nSPS) is 18.7. The molecule has 0 aliphatic heterocycles. The van der Waals surface area contributed by atoms with Crippen molar-refractivity contribution in [1.82, 2.24) is 29.5 Å². The number of halogens is 4. The molecule has 1 saturated carbocycles. The predicted molar refractivity (Wildman–Crippen MR) is 137 cm³/mol. The summed E-state index contributed by atoms with van der Waals surface area (Å²) in [6.07, 6.45) is 1.89. The second-order valence-electron chi connectivity index (χ2n) is 9.72. The summed E-state index contributed by atoms with van der Waals surface area (Å²) < 4.78 is 62.7. The Bertz CT molecular complexity index is 1460. The van der Waals surface area contributed by atoms with Crippen LogP contribution in [0.4, 0.5) is 23.4 Å². The van der Waals surface area contributed by atoms with Gasteiger partial charge in [-0.15, -0.1) is 0 Å². The summed E-state index contributed by atoms with van der Waals surface area (Å²) in [6.45, 7) is 2.39. The summed E-state index contributed by atoms with van der Waals surface area (Å²) in [5, 5.41) is 32.1. The summed E-state index contributed by atoms with van der Waals surface area (Å²) in [5.74, 6) is -1.46. The summed E-state index contributed by atoms with van der Waals surface area (Å²) >= 11 is 0. The van der Waals surface area contributed by atoms with Gasteiger partial charge < -0.3 is 20.3 Å². The van der Waals surface area contributed by atoms with Gasteiger partial charge >= 0.3 is 6.18 Å². The second-order valence-corrected chi connectivity index (χ2v) is 9.72. The standard InChI is InChI=1S/C26H29F4N7O3/c1-2-31-22-9-21-19(11-33-22)24(15-10-34-36(12-15)13-17(39)14-38)35-37(21)16-3-5-18(6-4-16)40-25-23(27)20(7-8-32-25)26(28,29)30/h7-12,16-18,38-39H,2-6,13-14H2,1H3,(H,31,33). The van der Waals surface area contributed by atoms with Gasteiger partial charge in [-0.05, 0) is 38.7 Å². The number of nitrogens with one attached hydrogen (secondary N) is 1. The molecule has 1 atom stereocenters. The smallest absolute Gasteiger partial charge is 0.419 e. The summed E-state index contributed by atoms with van der Waals surface area (Å²) in [4.78, 5) is 8.18. The lowest BCUT2D eigenvalue weighted by Crippen LogP contribution is -2.27. The first kappa shape index (κ1) is 27.8. The van der Waals surface area contributed by atoms with E-state index in [1.807, 2.05) is 17.7 Å². The van der Waals surface area contributed by atoms with Crippen molar-refractivity contribution in [3.8, 4) is 17.1 Å². The van der Waals surface area contributed by atoms with E-state index in [2.05, 4.69) is 20.4 Å². The van der Waals surface area contributed by atoms with Crippen molar-refractivity contribution in [3.05, 3.63) is 48.3 Å². The molecule has 3 N–H and O–H groups in total. The van der Waals surface area contributed by atoms with Gasteiger partial charge in [-0.1, -0.05) is 0 Å². The van der Waals surface area contributed by atoms with E-state index in [0.717, 1.165) is 22.7 Å². The molecule has 214 valence electrons. The molecule has 1 fully saturated rings. The van der Waals surface area contributed by atoms with Crippen LogP contribution in [-0.4, -0.2) is 65.1 Å². The average molecular weight is 564 g/mol. The minimum atomic E-state index is -4.84. The van der Waals surface area contributed by atoms with Crippen molar-refractivity contribution in [2.45, 2.75) is 63.6 Å². The molecule has 1 unspecified atom stereocenters. The summed E-state index contributed by atoms with van der Waals surface area (Å²) in [5.41, 5.74) is 0.818. The van der Waals surface area contributed by atoms with Gasteiger partial charge in [0.25, 0.3) is 5.88 Å². The van der Waals surface area contributed by atoms with Crippen LogP contribution in [0.15, 0.2) is 36.9 Å². The van der Waals surface area contributed by atoms with Gasteiger partial charge in [-0.2, -0.15) is 23.4 Å². The Morgan fingerprint density at radius 3 is 2.65 bits per heavy atom. The Balaban J connectivity index is 1.38. The molecule has 40 heavy (non-hydrogen) atoms. The van der Waals surface area contributed by atoms with Crippen molar-refractivity contribution in [3.63, 3.8) is 0 Å². The summed E-state index contributed by atoms with van der Waals surface area (Å²) in [7, 11) is 0. The van der Waals surface area contributed by atoms with Crippen LogP contribution in [0.1, 0.15) is 44.2 Å². The molecule has 0 bridgehead atoms. The number of hydrogen-bond donors (Lipinski definition) is 3. The quantitative estimate of drug-likeness (QED) is 0.259. The second kappa shape index (κ2) is 11.4. The number of nitrogens with zero attached hydrogens (tertiary/aromatic N) is 6. The zero-order valence-electron chi connectivity index (χ0n) is 21.6. The lowest BCUT2D eigenvalue weighted by Gasteiger charge is -2.29. The highest BCUT2D eigenvalue weighted by Crippen LogP contribution is 2.38.